The van der Waals surface area contributed by atoms with E-state index in [0.29, 0.717) is 11.1 Å². The summed E-state index contributed by atoms with van der Waals surface area (Å²) < 4.78 is 6.69. The smallest absolute Gasteiger partial charge is 0.405 e. The molecule has 0 amide bonds. The minimum Gasteiger partial charge on any atom is -0.405 e. The first-order valence-electron chi connectivity index (χ1n) is 10.6. The number of aromatic nitrogens is 1. The first-order chi connectivity index (χ1) is 15.2. The molecule has 1 N–H and O–H groups in total. The number of para-hydroxylation sites is 1. The molecule has 2 heterocycles. The van der Waals surface area contributed by atoms with Crippen LogP contribution < -0.4 is 10.7 Å². The molecule has 6 heteroatoms. The quantitative estimate of drug-likeness (QED) is 0.514. The molecule has 5 rings (SSSR count). The predicted molar refractivity (Wildman–Crippen MR) is 129 cm³/mol. The minimum absolute atomic E-state index is 0. The minimum atomic E-state index is -0.526. The second-order valence-electron chi connectivity index (χ2n) is 7.89. The summed E-state index contributed by atoms with van der Waals surface area (Å²) in [7, 11) is 0. The van der Waals surface area contributed by atoms with E-state index >= 15 is 0 Å². The molecule has 1 aromatic heterocycles. The summed E-state index contributed by atoms with van der Waals surface area (Å²) in [5.41, 5.74) is 5.87. The third-order valence-electron chi connectivity index (χ3n) is 5.97. The second kappa shape index (κ2) is 9.42. The third-order valence-corrected chi connectivity index (χ3v) is 5.97. The first-order valence-corrected chi connectivity index (χ1v) is 10.6. The van der Waals surface area contributed by atoms with Crippen molar-refractivity contribution >= 4 is 16.8 Å². The zero-order valence-electron chi connectivity index (χ0n) is 17.3. The lowest BCUT2D eigenvalue weighted by Gasteiger charge is -2.36. The Labute approximate surface area is 187 Å². The van der Waals surface area contributed by atoms with Gasteiger partial charge in [0.05, 0.1) is 11.2 Å². The van der Waals surface area contributed by atoms with Crippen LogP contribution in [0.3, 0.4) is 0 Å². The maximum atomic E-state index is 12.0. The Hall–Kier alpha value is -3.35. The summed E-state index contributed by atoms with van der Waals surface area (Å²) in [6.45, 7) is 4.09. The predicted octanol–water partition coefficient (Wildman–Crippen LogP) is 4.17. The van der Waals surface area contributed by atoms with Crippen molar-refractivity contribution in [3.63, 3.8) is 0 Å². The van der Waals surface area contributed by atoms with Gasteiger partial charge < -0.3 is 14.4 Å². The van der Waals surface area contributed by atoms with Gasteiger partial charge in [-0.1, -0.05) is 62.0 Å². The van der Waals surface area contributed by atoms with Crippen LogP contribution in [-0.4, -0.2) is 40.8 Å². The topological polar surface area (TPSA) is 61.9 Å². The van der Waals surface area contributed by atoms with Gasteiger partial charge >= 0.3 is 5.76 Å². The zero-order chi connectivity index (χ0) is 21.2. The number of aliphatic hydroxyl groups excluding tert-OH is 1. The van der Waals surface area contributed by atoms with Crippen LogP contribution in [-0.2, 0) is 13.3 Å². The van der Waals surface area contributed by atoms with E-state index in [1.54, 1.807) is 6.07 Å². The van der Waals surface area contributed by atoms with Gasteiger partial charge in [0.25, 0.3) is 0 Å². The molecule has 0 spiro atoms. The summed E-state index contributed by atoms with van der Waals surface area (Å²) in [5.74, 6) is -0.526. The van der Waals surface area contributed by atoms with Crippen molar-refractivity contribution in [1.82, 2.24) is 9.47 Å². The molecule has 6 nitrogen and oxygen atoms in total. The maximum Gasteiger partial charge on any atom is 0.421 e. The van der Waals surface area contributed by atoms with Crippen LogP contribution in [0.4, 0.5) is 5.69 Å². The Bertz CT molecular complexity index is 1240. The Morgan fingerprint density at radius 3 is 2.31 bits per heavy atom. The fourth-order valence-corrected chi connectivity index (χ4v) is 4.34. The molecule has 32 heavy (non-hydrogen) atoms. The summed E-state index contributed by atoms with van der Waals surface area (Å²) in [5, 5.41) is 9.46. The molecule has 1 saturated heterocycles. The van der Waals surface area contributed by atoms with Crippen LogP contribution >= 0.6 is 0 Å². The average Bonchev–Trinajstić information content (AvgIpc) is 3.15. The van der Waals surface area contributed by atoms with Crippen molar-refractivity contribution in [3.05, 3.63) is 88.9 Å². The number of oxazole rings is 1. The number of piperazine rings is 1. The largest absolute Gasteiger partial charge is 0.421 e. The molecule has 4 aromatic rings. The lowest BCUT2D eigenvalue weighted by Crippen LogP contribution is -2.46. The number of benzene rings is 3. The second-order valence-corrected chi connectivity index (χ2v) is 7.89. The van der Waals surface area contributed by atoms with Crippen molar-refractivity contribution in [2.24, 2.45) is 0 Å². The van der Waals surface area contributed by atoms with E-state index in [2.05, 4.69) is 58.3 Å². The van der Waals surface area contributed by atoms with E-state index in [1.807, 2.05) is 18.2 Å². The van der Waals surface area contributed by atoms with Gasteiger partial charge in [0.15, 0.2) is 5.58 Å². The molecule has 1 aliphatic heterocycles. The van der Waals surface area contributed by atoms with E-state index in [0.717, 1.165) is 38.4 Å². The number of fused-ring (bicyclic) bond motifs is 1. The Morgan fingerprint density at radius 2 is 1.56 bits per heavy atom. The highest BCUT2D eigenvalue weighted by molar-refractivity contribution is 5.87. The number of anilines is 1. The van der Waals surface area contributed by atoms with Crippen LogP contribution in [0.15, 0.2) is 82.0 Å². The van der Waals surface area contributed by atoms with Crippen molar-refractivity contribution in [1.29, 1.82) is 0 Å². The molecule has 1 aliphatic rings. The summed E-state index contributed by atoms with van der Waals surface area (Å²) in [4.78, 5) is 16.7. The summed E-state index contributed by atoms with van der Waals surface area (Å²) in [6, 6.07) is 24.9. The number of rotatable bonds is 5. The molecule has 0 atom stereocenters. The lowest BCUT2D eigenvalue weighted by molar-refractivity contribution is 0.204. The summed E-state index contributed by atoms with van der Waals surface area (Å²) in [6.07, 6.45) is 0. The van der Waals surface area contributed by atoms with Crippen LogP contribution in [0.1, 0.15) is 13.0 Å². The van der Waals surface area contributed by atoms with Gasteiger partial charge in [-0.2, -0.15) is 0 Å². The first kappa shape index (κ1) is 21.9. The maximum absolute atomic E-state index is 12.0. The highest BCUT2D eigenvalue weighted by atomic mass is 16.4. The van der Waals surface area contributed by atoms with Gasteiger partial charge in [-0.3, -0.25) is 4.90 Å². The normalized spacial score (nSPS) is 14.5. The van der Waals surface area contributed by atoms with Gasteiger partial charge in [-0.15, -0.1) is 0 Å². The monoisotopic (exact) mass is 431 g/mol. The fourth-order valence-electron chi connectivity index (χ4n) is 4.34. The Morgan fingerprint density at radius 1 is 0.844 bits per heavy atom. The van der Waals surface area contributed by atoms with Gasteiger partial charge in [-0.25, -0.2) is 9.36 Å². The number of nitrogens with zero attached hydrogens (tertiary/aromatic N) is 3. The molecule has 0 saturated carbocycles. The van der Waals surface area contributed by atoms with E-state index in [-0.39, 0.29) is 14.2 Å². The SMILES string of the molecule is C.O=c1oc2c(N3CCN(Cc4cccc(-c5ccccc5)c4)CC3)cccc2n1CO. The van der Waals surface area contributed by atoms with Crippen LogP contribution in [0.5, 0.6) is 0 Å². The highest BCUT2D eigenvalue weighted by Crippen LogP contribution is 2.27. The number of hydrogen-bond acceptors (Lipinski definition) is 5. The van der Waals surface area contributed by atoms with Gasteiger partial charge in [0, 0.05) is 32.7 Å². The standard InChI is InChI=1S/C25H25N3O3.CH4/c29-18-28-23-11-5-10-22(24(23)31-25(28)30)27-14-12-26(13-15-27)17-19-6-4-9-21(16-19)20-7-2-1-3-8-20;/h1-11,16,29H,12-15,17-18H2;1H4. The van der Waals surface area contributed by atoms with Crippen LogP contribution in [0, 0.1) is 0 Å². The molecular formula is C26H29N3O3. The van der Waals surface area contributed by atoms with Gasteiger partial charge in [0.2, 0.25) is 0 Å². The lowest BCUT2D eigenvalue weighted by atomic mass is 10.0. The fraction of sp³-hybridized carbons (Fsp3) is 0.269. The van der Waals surface area contributed by atoms with Crippen molar-refractivity contribution in [2.75, 3.05) is 31.1 Å². The summed E-state index contributed by atoms with van der Waals surface area (Å²) >= 11 is 0. The third kappa shape index (κ3) is 4.20. The highest BCUT2D eigenvalue weighted by Gasteiger charge is 2.21. The molecule has 166 valence electrons. The van der Waals surface area contributed by atoms with E-state index in [4.69, 9.17) is 4.42 Å². The average molecular weight is 432 g/mol. The molecule has 0 aliphatic carbocycles. The van der Waals surface area contributed by atoms with Crippen molar-refractivity contribution in [2.45, 2.75) is 20.7 Å². The van der Waals surface area contributed by atoms with E-state index in [1.165, 1.54) is 21.3 Å². The molecule has 0 bridgehead atoms. The molecule has 1 fully saturated rings. The van der Waals surface area contributed by atoms with Crippen LogP contribution in [0.2, 0.25) is 0 Å². The Balaban J connectivity index is 0.00000245. The van der Waals surface area contributed by atoms with Crippen LogP contribution in [0.25, 0.3) is 22.2 Å². The van der Waals surface area contributed by atoms with E-state index < -0.39 is 5.76 Å². The van der Waals surface area contributed by atoms with Gasteiger partial charge in [0.1, 0.15) is 6.73 Å². The zero-order valence-corrected chi connectivity index (χ0v) is 17.3. The van der Waals surface area contributed by atoms with Crippen molar-refractivity contribution in [3.8, 4) is 11.1 Å². The van der Waals surface area contributed by atoms with Gasteiger partial charge in [-0.05, 0) is 34.9 Å². The molecule has 0 unspecified atom stereocenters. The molecule has 0 radical (unpaired) electrons. The Kier molecular flexibility index (Phi) is 6.44. The number of aliphatic hydroxyl groups is 1. The number of hydrogen-bond donors (Lipinski definition) is 1. The molecular weight excluding hydrogens is 402 g/mol. The molecule has 3 aromatic carbocycles. The van der Waals surface area contributed by atoms with Crippen molar-refractivity contribution < 1.29 is 9.52 Å². The van der Waals surface area contributed by atoms with E-state index in [9.17, 15) is 9.90 Å².